The van der Waals surface area contributed by atoms with Crippen molar-refractivity contribution in [1.82, 2.24) is 19.4 Å². The quantitative estimate of drug-likeness (QED) is 0.583. The van der Waals surface area contributed by atoms with Gasteiger partial charge in [0.1, 0.15) is 15.9 Å². The molecule has 1 atom stereocenters. The maximum Gasteiger partial charge on any atom is 0.270 e. The van der Waals surface area contributed by atoms with Gasteiger partial charge in [0.05, 0.1) is 18.3 Å². The third-order valence-electron chi connectivity index (χ3n) is 7.47. The molecule has 9 heteroatoms. The monoisotopic (exact) mass is 492 g/mol. The molecular formula is C25H25ClN6OS. The van der Waals surface area contributed by atoms with Gasteiger partial charge < -0.3 is 15.2 Å². The zero-order chi connectivity index (χ0) is 23.4. The number of nitrogens with zero attached hydrogens (tertiary/aromatic N) is 5. The molecule has 2 aromatic heterocycles. The van der Waals surface area contributed by atoms with Crippen LogP contribution in [0.2, 0.25) is 5.02 Å². The van der Waals surface area contributed by atoms with E-state index in [4.69, 9.17) is 27.3 Å². The van der Waals surface area contributed by atoms with Gasteiger partial charge in [-0.15, -0.1) is 0 Å². The van der Waals surface area contributed by atoms with Crippen LogP contribution >= 0.6 is 23.4 Å². The topological polar surface area (TPSA) is 89.4 Å². The second-order valence-electron chi connectivity index (χ2n) is 9.40. The molecule has 174 valence electrons. The Hall–Kier alpha value is -2.68. The summed E-state index contributed by atoms with van der Waals surface area (Å²) in [4.78, 5) is 29.3. The summed E-state index contributed by atoms with van der Waals surface area (Å²) in [6.45, 7) is 1.89. The molecule has 0 saturated carbocycles. The maximum atomic E-state index is 12.1. The number of nitrogens with two attached hydrogens (primary N) is 1. The molecule has 0 unspecified atom stereocenters. The molecule has 1 fully saturated rings. The first-order valence-corrected chi connectivity index (χ1v) is 12.7. The minimum Gasteiger partial charge on any atom is -0.360 e. The van der Waals surface area contributed by atoms with Crippen LogP contribution < -0.4 is 11.3 Å². The summed E-state index contributed by atoms with van der Waals surface area (Å²) in [5.41, 5.74) is 10.2. The van der Waals surface area contributed by atoms with E-state index >= 15 is 0 Å². The van der Waals surface area contributed by atoms with Crippen LogP contribution in [-0.2, 0) is 19.9 Å². The van der Waals surface area contributed by atoms with Crippen LogP contribution in [0.1, 0.15) is 35.7 Å². The smallest absolute Gasteiger partial charge is 0.270 e. The predicted molar refractivity (Wildman–Crippen MR) is 134 cm³/mol. The summed E-state index contributed by atoms with van der Waals surface area (Å²) in [6, 6.07) is 10.5. The first-order valence-electron chi connectivity index (χ1n) is 11.5. The number of fused-ring (bicyclic) bond motifs is 2. The van der Waals surface area contributed by atoms with Crippen LogP contribution in [0.15, 0.2) is 62.4 Å². The molecule has 6 rings (SSSR count). The second kappa shape index (κ2) is 8.22. The number of benzene rings is 1. The van der Waals surface area contributed by atoms with Crippen molar-refractivity contribution in [3.8, 4) is 0 Å². The van der Waals surface area contributed by atoms with Crippen molar-refractivity contribution in [3.63, 3.8) is 0 Å². The molecule has 34 heavy (non-hydrogen) atoms. The molecule has 0 radical (unpaired) electrons. The lowest BCUT2D eigenvalue weighted by molar-refractivity contribution is 0.127. The van der Waals surface area contributed by atoms with Gasteiger partial charge in [-0.1, -0.05) is 47.6 Å². The van der Waals surface area contributed by atoms with E-state index in [-0.39, 0.29) is 22.0 Å². The lowest BCUT2D eigenvalue weighted by Gasteiger charge is -2.43. The van der Waals surface area contributed by atoms with E-state index in [9.17, 15) is 4.79 Å². The van der Waals surface area contributed by atoms with Gasteiger partial charge in [-0.3, -0.25) is 4.79 Å². The SMILES string of the molecule is Cn1ccc(Sc2cnc3c(n2)CC(N2CCC4(CC2)Cc2ccccc2[C@H]4N)=N3)c(Cl)c1=O. The van der Waals surface area contributed by atoms with Crippen molar-refractivity contribution in [2.24, 2.45) is 23.2 Å². The van der Waals surface area contributed by atoms with Crippen LogP contribution in [0.3, 0.4) is 0 Å². The van der Waals surface area contributed by atoms with Crippen molar-refractivity contribution < 1.29 is 0 Å². The number of piperidine rings is 1. The summed E-state index contributed by atoms with van der Waals surface area (Å²) in [6.07, 6.45) is 7.25. The lowest BCUT2D eigenvalue weighted by atomic mass is 9.73. The van der Waals surface area contributed by atoms with Crippen LogP contribution in [-0.4, -0.2) is 38.4 Å². The molecular weight excluding hydrogens is 468 g/mol. The molecule has 0 bridgehead atoms. The van der Waals surface area contributed by atoms with Crippen molar-refractivity contribution >= 4 is 35.0 Å². The largest absolute Gasteiger partial charge is 0.360 e. The van der Waals surface area contributed by atoms with Crippen molar-refractivity contribution in [1.29, 1.82) is 0 Å². The average molecular weight is 493 g/mol. The summed E-state index contributed by atoms with van der Waals surface area (Å²) < 4.78 is 1.46. The number of halogens is 1. The molecule has 1 saturated heterocycles. The van der Waals surface area contributed by atoms with Gasteiger partial charge in [0.2, 0.25) is 0 Å². The molecule has 7 nitrogen and oxygen atoms in total. The normalized spacial score (nSPS) is 20.4. The molecule has 1 spiro atoms. The Morgan fingerprint density at radius 1 is 1.21 bits per heavy atom. The van der Waals surface area contributed by atoms with E-state index in [2.05, 4.69) is 34.1 Å². The van der Waals surface area contributed by atoms with Crippen LogP contribution in [0.4, 0.5) is 5.82 Å². The van der Waals surface area contributed by atoms with E-state index in [1.165, 1.54) is 27.5 Å². The average Bonchev–Trinajstić information content (AvgIpc) is 3.39. The first kappa shape index (κ1) is 21.8. The summed E-state index contributed by atoms with van der Waals surface area (Å²) in [5.74, 6) is 1.71. The number of aromatic nitrogens is 3. The number of aryl methyl sites for hydroxylation is 1. The number of hydrogen-bond donors (Lipinski definition) is 1. The standard InChI is InChI=1S/C25H25ClN6OS/c1-31-9-6-18(21(26)24(31)33)34-20-14-28-23-17(29-20)12-19(30-23)32-10-7-25(8-11-32)13-15-4-2-3-5-16(15)22(25)27/h2-6,9,14,22H,7-8,10-13,27H2,1H3/t22-/m1/s1. The summed E-state index contributed by atoms with van der Waals surface area (Å²) in [5, 5.41) is 0.904. The lowest BCUT2D eigenvalue weighted by Crippen LogP contribution is -2.46. The second-order valence-corrected chi connectivity index (χ2v) is 10.8. The van der Waals surface area contributed by atoms with Crippen LogP contribution in [0.5, 0.6) is 0 Å². The van der Waals surface area contributed by atoms with Crippen molar-refractivity contribution in [2.75, 3.05) is 13.1 Å². The molecule has 1 aliphatic carbocycles. The third kappa shape index (κ3) is 3.56. The fraction of sp³-hybridized carbons (Fsp3) is 0.360. The number of amidine groups is 1. The Balaban J connectivity index is 1.14. The Morgan fingerprint density at radius 3 is 2.79 bits per heavy atom. The summed E-state index contributed by atoms with van der Waals surface area (Å²) >= 11 is 7.59. The molecule has 3 aromatic rings. The number of hydrogen-bond acceptors (Lipinski definition) is 7. The summed E-state index contributed by atoms with van der Waals surface area (Å²) in [7, 11) is 1.68. The highest BCUT2D eigenvalue weighted by molar-refractivity contribution is 7.99. The minimum atomic E-state index is -0.223. The van der Waals surface area contributed by atoms with Gasteiger partial charge in [0.15, 0.2) is 5.82 Å². The van der Waals surface area contributed by atoms with Crippen molar-refractivity contribution in [3.05, 3.63) is 74.9 Å². The predicted octanol–water partition coefficient (Wildman–Crippen LogP) is 3.90. The van der Waals surface area contributed by atoms with Gasteiger partial charge in [0.25, 0.3) is 5.56 Å². The fourth-order valence-electron chi connectivity index (χ4n) is 5.45. The highest BCUT2D eigenvalue weighted by Gasteiger charge is 2.46. The van der Waals surface area contributed by atoms with E-state index in [1.54, 1.807) is 19.4 Å². The van der Waals surface area contributed by atoms with E-state index in [1.807, 2.05) is 6.07 Å². The number of pyridine rings is 1. The van der Waals surface area contributed by atoms with Crippen LogP contribution in [0, 0.1) is 5.41 Å². The first-order chi connectivity index (χ1) is 16.4. The number of likely N-dealkylation sites (tertiary alicyclic amines) is 1. The fourth-order valence-corrected chi connectivity index (χ4v) is 6.55. The Labute approximate surface area is 207 Å². The number of aliphatic imine (C=N–C) groups is 1. The van der Waals surface area contributed by atoms with Gasteiger partial charge >= 0.3 is 0 Å². The van der Waals surface area contributed by atoms with E-state index in [0.717, 1.165) is 43.9 Å². The van der Waals surface area contributed by atoms with Gasteiger partial charge in [-0.2, -0.15) is 0 Å². The minimum absolute atomic E-state index is 0.109. The van der Waals surface area contributed by atoms with Crippen molar-refractivity contribution in [2.45, 2.75) is 41.6 Å². The molecule has 2 N–H and O–H groups in total. The molecule has 2 aliphatic heterocycles. The van der Waals surface area contributed by atoms with Gasteiger partial charge in [-0.25, -0.2) is 15.0 Å². The molecule has 1 aromatic carbocycles. The Morgan fingerprint density at radius 2 is 2.00 bits per heavy atom. The van der Waals surface area contributed by atoms with E-state index < -0.39 is 0 Å². The maximum absolute atomic E-state index is 12.1. The Bertz CT molecular complexity index is 1380. The molecule has 4 heterocycles. The number of rotatable bonds is 2. The zero-order valence-corrected chi connectivity index (χ0v) is 20.4. The third-order valence-corrected chi connectivity index (χ3v) is 8.91. The highest BCUT2D eigenvalue weighted by atomic mass is 35.5. The van der Waals surface area contributed by atoms with E-state index in [0.29, 0.717) is 22.2 Å². The molecule has 3 aliphatic rings. The van der Waals surface area contributed by atoms with Gasteiger partial charge in [-0.05, 0) is 41.9 Å². The van der Waals surface area contributed by atoms with Crippen LogP contribution in [0.25, 0.3) is 0 Å². The zero-order valence-electron chi connectivity index (χ0n) is 18.9. The molecule has 0 amide bonds. The Kier molecular flexibility index (Phi) is 5.28. The van der Waals surface area contributed by atoms with Gasteiger partial charge in [0, 0.05) is 37.3 Å². The highest BCUT2D eigenvalue weighted by Crippen LogP contribution is 2.50.